The average molecular weight is 231 g/mol. The molecule has 1 aromatic rings. The molecule has 15 heavy (non-hydrogen) atoms. The number of halogens is 2. The van der Waals surface area contributed by atoms with E-state index in [4.69, 9.17) is 11.6 Å². The van der Waals surface area contributed by atoms with E-state index in [0.29, 0.717) is 17.1 Å². The van der Waals surface area contributed by atoms with E-state index in [-0.39, 0.29) is 5.82 Å². The minimum absolute atomic E-state index is 0.250. The number of likely N-dealkylation sites (N-methyl/N-ethyl adjacent to an activating group) is 1. The fourth-order valence-corrected chi connectivity index (χ4v) is 1.45. The van der Waals surface area contributed by atoms with Crippen molar-refractivity contribution in [3.05, 3.63) is 34.6 Å². The summed E-state index contributed by atoms with van der Waals surface area (Å²) in [6.45, 7) is 2.21. The molecule has 0 heterocycles. The van der Waals surface area contributed by atoms with Gasteiger partial charge in [-0.15, -0.1) is 0 Å². The Hall–Kier alpha value is -0.640. The van der Waals surface area contributed by atoms with Crippen LogP contribution in [0.4, 0.5) is 4.39 Å². The van der Waals surface area contributed by atoms with Crippen LogP contribution in [0.2, 0.25) is 5.02 Å². The normalized spacial score (nSPS) is 11.0. The Morgan fingerprint density at radius 3 is 2.73 bits per heavy atom. The van der Waals surface area contributed by atoms with Crippen LogP contribution in [0.3, 0.4) is 0 Å². The van der Waals surface area contributed by atoms with Gasteiger partial charge in [0.15, 0.2) is 0 Å². The molecule has 1 aromatic carbocycles. The van der Waals surface area contributed by atoms with Gasteiger partial charge in [0.1, 0.15) is 5.82 Å². The lowest BCUT2D eigenvalue weighted by Crippen LogP contribution is -2.26. The second-order valence-electron chi connectivity index (χ2n) is 3.68. The van der Waals surface area contributed by atoms with Crippen LogP contribution < -0.4 is 5.32 Å². The largest absolute Gasteiger partial charge is 0.311 e. The molecule has 84 valence electrons. The topological polar surface area (TPSA) is 15.3 Å². The van der Waals surface area contributed by atoms with Crippen molar-refractivity contribution < 1.29 is 4.39 Å². The molecule has 0 aromatic heterocycles. The zero-order chi connectivity index (χ0) is 11.3. The quantitative estimate of drug-likeness (QED) is 0.780. The van der Waals surface area contributed by atoms with Gasteiger partial charge in [0.25, 0.3) is 0 Å². The zero-order valence-corrected chi connectivity index (χ0v) is 9.81. The molecule has 4 heteroatoms. The Kier molecular flexibility index (Phi) is 5.02. The molecule has 0 aliphatic heterocycles. The highest BCUT2D eigenvalue weighted by molar-refractivity contribution is 6.31. The minimum atomic E-state index is -0.250. The van der Waals surface area contributed by atoms with E-state index in [9.17, 15) is 4.39 Å². The van der Waals surface area contributed by atoms with Crippen molar-refractivity contribution in [3.8, 4) is 0 Å². The first kappa shape index (κ1) is 12.4. The van der Waals surface area contributed by atoms with Gasteiger partial charge < -0.3 is 10.2 Å². The number of hydrogen-bond acceptors (Lipinski definition) is 2. The van der Waals surface area contributed by atoms with Crippen molar-refractivity contribution in [2.24, 2.45) is 0 Å². The van der Waals surface area contributed by atoms with E-state index < -0.39 is 0 Å². The number of hydrogen-bond donors (Lipinski definition) is 1. The Morgan fingerprint density at radius 2 is 2.13 bits per heavy atom. The molecule has 0 bridgehead atoms. The predicted molar refractivity (Wildman–Crippen MR) is 61.7 cm³/mol. The fraction of sp³-hybridized carbons (Fsp3) is 0.455. The summed E-state index contributed by atoms with van der Waals surface area (Å²) in [7, 11) is 4.00. The van der Waals surface area contributed by atoms with Gasteiger partial charge >= 0.3 is 0 Å². The second-order valence-corrected chi connectivity index (χ2v) is 4.09. The minimum Gasteiger partial charge on any atom is -0.311 e. The Balaban J connectivity index is 2.43. The molecule has 1 rings (SSSR count). The first-order chi connectivity index (χ1) is 7.11. The van der Waals surface area contributed by atoms with E-state index in [1.807, 2.05) is 14.1 Å². The molecule has 0 saturated heterocycles. The summed E-state index contributed by atoms with van der Waals surface area (Å²) in [5.41, 5.74) is 0.540. The van der Waals surface area contributed by atoms with Gasteiger partial charge in [0.05, 0.1) is 0 Å². The Bertz CT molecular complexity index is 295. The van der Waals surface area contributed by atoms with E-state index in [1.54, 1.807) is 12.1 Å². The molecule has 1 N–H and O–H groups in total. The number of nitrogens with zero attached hydrogens (tertiary/aromatic N) is 1. The Morgan fingerprint density at radius 1 is 1.40 bits per heavy atom. The molecule has 0 fully saturated rings. The van der Waals surface area contributed by atoms with Gasteiger partial charge in [-0.1, -0.05) is 17.7 Å². The fourth-order valence-electron chi connectivity index (χ4n) is 1.22. The SMILES string of the molecule is CN(C)CCNCc1c(F)cccc1Cl. The van der Waals surface area contributed by atoms with Crippen LogP contribution in [0.5, 0.6) is 0 Å². The van der Waals surface area contributed by atoms with Crippen LogP contribution in [-0.4, -0.2) is 32.1 Å². The molecule has 0 aliphatic rings. The van der Waals surface area contributed by atoms with Crippen LogP contribution >= 0.6 is 11.6 Å². The van der Waals surface area contributed by atoms with Crippen molar-refractivity contribution in [1.29, 1.82) is 0 Å². The molecule has 0 spiro atoms. The summed E-state index contributed by atoms with van der Waals surface area (Å²) in [4.78, 5) is 2.07. The molecule has 0 radical (unpaired) electrons. The second kappa shape index (κ2) is 6.05. The highest BCUT2D eigenvalue weighted by atomic mass is 35.5. The van der Waals surface area contributed by atoms with Crippen LogP contribution in [-0.2, 0) is 6.54 Å². The maximum atomic E-state index is 13.3. The van der Waals surface area contributed by atoms with E-state index in [2.05, 4.69) is 10.2 Å². The average Bonchev–Trinajstić information content (AvgIpc) is 2.15. The van der Waals surface area contributed by atoms with E-state index in [0.717, 1.165) is 13.1 Å². The summed E-state index contributed by atoms with van der Waals surface area (Å²) in [5.74, 6) is -0.250. The molecule has 2 nitrogen and oxygen atoms in total. The van der Waals surface area contributed by atoms with Crippen molar-refractivity contribution in [2.75, 3.05) is 27.2 Å². The number of rotatable bonds is 5. The predicted octanol–water partition coefficient (Wildman–Crippen LogP) is 2.13. The zero-order valence-electron chi connectivity index (χ0n) is 9.06. The standard InChI is InChI=1S/C11H16ClFN2/c1-15(2)7-6-14-8-9-10(12)4-3-5-11(9)13/h3-5,14H,6-8H2,1-2H3. The lowest BCUT2D eigenvalue weighted by Gasteiger charge is -2.11. The van der Waals surface area contributed by atoms with Crippen LogP contribution in [0.1, 0.15) is 5.56 Å². The summed E-state index contributed by atoms with van der Waals surface area (Å²) < 4.78 is 13.3. The maximum absolute atomic E-state index is 13.3. The van der Waals surface area contributed by atoms with Gasteiger partial charge in [0.2, 0.25) is 0 Å². The smallest absolute Gasteiger partial charge is 0.129 e. The molecule has 0 unspecified atom stereocenters. The lowest BCUT2D eigenvalue weighted by molar-refractivity contribution is 0.399. The van der Waals surface area contributed by atoms with Crippen LogP contribution in [0.25, 0.3) is 0 Å². The van der Waals surface area contributed by atoms with Crippen LogP contribution in [0.15, 0.2) is 18.2 Å². The molecule has 0 amide bonds. The van der Waals surface area contributed by atoms with Crippen molar-refractivity contribution >= 4 is 11.6 Å². The highest BCUT2D eigenvalue weighted by Crippen LogP contribution is 2.18. The maximum Gasteiger partial charge on any atom is 0.129 e. The van der Waals surface area contributed by atoms with Gasteiger partial charge in [-0.05, 0) is 26.2 Å². The molecule has 0 aliphatic carbocycles. The summed E-state index contributed by atoms with van der Waals surface area (Å²) in [6.07, 6.45) is 0. The van der Waals surface area contributed by atoms with Gasteiger partial charge in [-0.3, -0.25) is 0 Å². The molecule has 0 saturated carbocycles. The van der Waals surface area contributed by atoms with Crippen LogP contribution in [0, 0.1) is 5.82 Å². The van der Waals surface area contributed by atoms with E-state index >= 15 is 0 Å². The molecular formula is C11H16ClFN2. The first-order valence-corrected chi connectivity index (χ1v) is 5.27. The number of nitrogens with one attached hydrogen (secondary N) is 1. The third-order valence-electron chi connectivity index (χ3n) is 2.10. The van der Waals surface area contributed by atoms with Gasteiger partial charge in [-0.25, -0.2) is 4.39 Å². The first-order valence-electron chi connectivity index (χ1n) is 4.89. The van der Waals surface area contributed by atoms with E-state index in [1.165, 1.54) is 6.07 Å². The van der Waals surface area contributed by atoms with Crippen molar-refractivity contribution in [3.63, 3.8) is 0 Å². The Labute approximate surface area is 95.0 Å². The lowest BCUT2D eigenvalue weighted by atomic mass is 10.2. The monoisotopic (exact) mass is 230 g/mol. The van der Waals surface area contributed by atoms with Crippen molar-refractivity contribution in [2.45, 2.75) is 6.54 Å². The molecular weight excluding hydrogens is 215 g/mol. The van der Waals surface area contributed by atoms with Crippen molar-refractivity contribution in [1.82, 2.24) is 10.2 Å². The third-order valence-corrected chi connectivity index (χ3v) is 2.45. The third kappa shape index (κ3) is 4.16. The summed E-state index contributed by atoms with van der Waals surface area (Å²) >= 11 is 5.88. The molecule has 0 atom stereocenters. The summed E-state index contributed by atoms with van der Waals surface area (Å²) in [5, 5.41) is 3.63. The highest BCUT2D eigenvalue weighted by Gasteiger charge is 2.05. The number of benzene rings is 1. The summed E-state index contributed by atoms with van der Waals surface area (Å²) in [6, 6.07) is 4.74. The van der Waals surface area contributed by atoms with Gasteiger partial charge in [0, 0.05) is 30.2 Å². The van der Waals surface area contributed by atoms with Gasteiger partial charge in [-0.2, -0.15) is 0 Å².